The van der Waals surface area contributed by atoms with Crippen LogP contribution in [0.25, 0.3) is 0 Å². The summed E-state index contributed by atoms with van der Waals surface area (Å²) in [7, 11) is -0.819. The Labute approximate surface area is 122 Å². The van der Waals surface area contributed by atoms with Crippen molar-refractivity contribution in [2.75, 3.05) is 0 Å². The zero-order chi connectivity index (χ0) is 15.0. The van der Waals surface area contributed by atoms with E-state index in [9.17, 15) is 18.3 Å². The summed E-state index contributed by atoms with van der Waals surface area (Å²) < 4.78 is 37.6. The van der Waals surface area contributed by atoms with E-state index in [0.29, 0.717) is 5.75 Å². The van der Waals surface area contributed by atoms with Crippen LogP contribution < -0.4 is 0 Å². The number of halogens is 3. The molecule has 1 N–H and O–H groups in total. The average molecular weight is 311 g/mol. The quantitative estimate of drug-likeness (QED) is 0.778. The predicted molar refractivity (Wildman–Crippen MR) is 78.7 cm³/mol. The van der Waals surface area contributed by atoms with Gasteiger partial charge in [-0.15, -0.1) is 0 Å². The van der Waals surface area contributed by atoms with Gasteiger partial charge in [0.2, 0.25) is 0 Å². The Morgan fingerprint density at radius 1 is 1.05 bits per heavy atom. The molecule has 1 aliphatic heterocycles. The van der Waals surface area contributed by atoms with Gasteiger partial charge in [-0.2, -0.15) is 24.1 Å². The second-order valence-electron chi connectivity index (χ2n) is 4.71. The lowest BCUT2D eigenvalue weighted by atomic mass is 10.1. The highest BCUT2D eigenvalue weighted by molar-refractivity contribution is 8.28. The molecule has 0 fully saturated rings. The molecule has 110 valence electrons. The molecule has 0 spiro atoms. The topological polar surface area (TPSA) is 32.6 Å². The molecule has 3 rings (SSSR count). The Hall–Kier alpha value is -1.95. The first-order valence-corrected chi connectivity index (χ1v) is 7.84. The fourth-order valence-corrected chi connectivity index (χ4v) is 4.24. The molecule has 1 atom stereocenters. The molecule has 0 aliphatic carbocycles. The fourth-order valence-electron chi connectivity index (χ4n) is 2.22. The summed E-state index contributed by atoms with van der Waals surface area (Å²) >= 11 is 0. The molecule has 0 aromatic heterocycles. The Balaban J connectivity index is 1.82. The molecule has 0 amide bonds. The van der Waals surface area contributed by atoms with Gasteiger partial charge >= 0.3 is 6.18 Å². The van der Waals surface area contributed by atoms with Crippen molar-refractivity contribution in [1.82, 2.24) is 0 Å². The highest BCUT2D eigenvalue weighted by atomic mass is 32.2. The van der Waals surface area contributed by atoms with Crippen molar-refractivity contribution < 1.29 is 18.3 Å². The summed E-state index contributed by atoms with van der Waals surface area (Å²) in [4.78, 5) is 5.06. The molecule has 2 aromatic rings. The van der Waals surface area contributed by atoms with E-state index in [0.717, 1.165) is 28.3 Å². The molecule has 6 heteroatoms. The van der Waals surface area contributed by atoms with Gasteiger partial charge in [0.15, 0.2) is 0 Å². The number of hydrogen-bond acceptors (Lipinski definition) is 2. The van der Waals surface area contributed by atoms with E-state index in [1.165, 1.54) is 12.1 Å². The van der Waals surface area contributed by atoms with Gasteiger partial charge in [-0.3, -0.25) is 4.99 Å². The van der Waals surface area contributed by atoms with Gasteiger partial charge in [-0.25, -0.2) is 0 Å². The van der Waals surface area contributed by atoms with Crippen LogP contribution in [0.2, 0.25) is 0 Å². The first-order chi connectivity index (χ1) is 9.95. The third-order valence-electron chi connectivity index (χ3n) is 3.25. The number of aromatic hydroxyl groups is 1. The number of benzene rings is 2. The third-order valence-corrected chi connectivity index (χ3v) is 5.38. The van der Waals surface area contributed by atoms with E-state index < -0.39 is 22.6 Å². The van der Waals surface area contributed by atoms with Crippen molar-refractivity contribution in [3.63, 3.8) is 0 Å². The van der Waals surface area contributed by atoms with E-state index in [1.54, 1.807) is 17.7 Å². The van der Waals surface area contributed by atoms with Crippen LogP contribution in [0.4, 0.5) is 18.9 Å². The van der Waals surface area contributed by atoms with Crippen molar-refractivity contribution in [3.8, 4) is 5.75 Å². The number of rotatable bonds is 2. The van der Waals surface area contributed by atoms with Gasteiger partial charge in [-0.05, 0) is 29.8 Å². The number of nitrogens with zero attached hydrogens (tertiary/aromatic N) is 1. The maximum Gasteiger partial charge on any atom is 0.416 e. The molecule has 2 nitrogen and oxygen atoms in total. The number of phenolic OH excluding ortho intramolecular Hbond substituents is 1. The minimum Gasteiger partial charge on any atom is -0.507 e. The predicted octanol–water partition coefficient (Wildman–Crippen LogP) is 4.64. The third kappa shape index (κ3) is 2.76. The second-order valence-corrected chi connectivity index (χ2v) is 6.65. The SMILES string of the molecule is Oc1cccc2c1[SH](Cc1ccc(C(F)(F)F)cc1)C=N2. The van der Waals surface area contributed by atoms with Gasteiger partial charge in [0, 0.05) is 11.3 Å². The lowest BCUT2D eigenvalue weighted by Crippen LogP contribution is -2.04. The van der Waals surface area contributed by atoms with E-state index in [2.05, 4.69) is 4.99 Å². The molecule has 0 saturated carbocycles. The van der Waals surface area contributed by atoms with Crippen LogP contribution in [0, 0.1) is 0 Å². The van der Waals surface area contributed by atoms with Crippen LogP contribution in [-0.2, 0) is 11.9 Å². The molecule has 21 heavy (non-hydrogen) atoms. The molecule has 1 aliphatic rings. The van der Waals surface area contributed by atoms with Crippen molar-refractivity contribution in [1.29, 1.82) is 0 Å². The van der Waals surface area contributed by atoms with Gasteiger partial charge in [0.05, 0.1) is 16.1 Å². The molecular weight excluding hydrogens is 299 g/mol. The summed E-state index contributed by atoms with van der Waals surface area (Å²) in [6.45, 7) is 0. The fraction of sp³-hybridized carbons (Fsp3) is 0.133. The lowest BCUT2D eigenvalue weighted by molar-refractivity contribution is -0.137. The summed E-state index contributed by atoms with van der Waals surface area (Å²) in [5.74, 6) is 0.768. The van der Waals surface area contributed by atoms with Crippen LogP contribution in [0.5, 0.6) is 5.75 Å². The summed E-state index contributed by atoms with van der Waals surface area (Å²) in [5.41, 5.74) is 2.68. The van der Waals surface area contributed by atoms with E-state index in [1.807, 2.05) is 6.07 Å². The number of aliphatic imine (C=N–C) groups is 1. The molecule has 0 bridgehead atoms. The first-order valence-electron chi connectivity index (χ1n) is 6.24. The maximum absolute atomic E-state index is 12.5. The van der Waals surface area contributed by atoms with Crippen LogP contribution in [0.1, 0.15) is 11.1 Å². The van der Waals surface area contributed by atoms with Crippen LogP contribution in [-0.4, -0.2) is 10.7 Å². The van der Waals surface area contributed by atoms with Crippen molar-refractivity contribution in [2.24, 2.45) is 4.99 Å². The van der Waals surface area contributed by atoms with E-state index >= 15 is 0 Å². The Morgan fingerprint density at radius 3 is 2.43 bits per heavy atom. The molecule has 0 saturated heterocycles. The molecule has 0 radical (unpaired) electrons. The van der Waals surface area contributed by atoms with Crippen molar-refractivity contribution in [3.05, 3.63) is 53.6 Å². The molecule has 1 unspecified atom stereocenters. The maximum atomic E-state index is 12.5. The summed E-state index contributed by atoms with van der Waals surface area (Å²) in [5, 5.41) is 9.92. The Bertz CT molecular complexity index is 695. The van der Waals surface area contributed by atoms with Gasteiger partial charge < -0.3 is 5.11 Å². The minimum atomic E-state index is -4.32. The number of hydrogen-bond donors (Lipinski definition) is 2. The smallest absolute Gasteiger partial charge is 0.416 e. The second kappa shape index (κ2) is 5.11. The first kappa shape index (κ1) is 14.0. The number of phenols is 1. The summed E-state index contributed by atoms with van der Waals surface area (Å²) in [6.07, 6.45) is -4.32. The molecule has 1 heterocycles. The zero-order valence-electron chi connectivity index (χ0n) is 10.8. The van der Waals surface area contributed by atoms with Gasteiger partial charge in [0.25, 0.3) is 0 Å². The lowest BCUT2D eigenvalue weighted by Gasteiger charge is -2.15. The average Bonchev–Trinajstić information content (AvgIpc) is 2.83. The van der Waals surface area contributed by atoms with Gasteiger partial charge in [-0.1, -0.05) is 18.2 Å². The number of fused-ring (bicyclic) bond motifs is 1. The van der Waals surface area contributed by atoms with Crippen LogP contribution >= 0.6 is 10.9 Å². The number of thiol groups is 1. The standard InChI is InChI=1S/C15H12F3NOS/c16-15(17,18)11-6-4-10(5-7-11)8-21-9-19-12-2-1-3-13(20)14(12)21/h1-7,9,20-21H,8H2. The van der Waals surface area contributed by atoms with Crippen LogP contribution in [0.15, 0.2) is 52.4 Å². The monoisotopic (exact) mass is 311 g/mol. The Morgan fingerprint density at radius 2 is 1.76 bits per heavy atom. The molecule has 2 aromatic carbocycles. The van der Waals surface area contributed by atoms with E-state index in [-0.39, 0.29) is 5.75 Å². The summed E-state index contributed by atoms with van der Waals surface area (Å²) in [6, 6.07) is 10.3. The highest BCUT2D eigenvalue weighted by Crippen LogP contribution is 2.52. The van der Waals surface area contributed by atoms with Crippen LogP contribution in [0.3, 0.4) is 0 Å². The Kier molecular flexibility index (Phi) is 3.41. The largest absolute Gasteiger partial charge is 0.507 e. The van der Waals surface area contributed by atoms with E-state index in [4.69, 9.17) is 0 Å². The minimum absolute atomic E-state index is 0.197. The van der Waals surface area contributed by atoms with Crippen molar-refractivity contribution >= 4 is 22.1 Å². The highest BCUT2D eigenvalue weighted by Gasteiger charge is 2.30. The molecular formula is C15H12F3NOS. The number of alkyl halides is 3. The van der Waals surface area contributed by atoms with Gasteiger partial charge in [0.1, 0.15) is 5.75 Å². The zero-order valence-corrected chi connectivity index (χ0v) is 11.7. The normalized spacial score (nSPS) is 18.7. The van der Waals surface area contributed by atoms with Crippen molar-refractivity contribution in [2.45, 2.75) is 16.8 Å².